The Hall–Kier alpha value is -0.190. The monoisotopic (exact) mass is 844 g/mol. The lowest BCUT2D eigenvalue weighted by atomic mass is 9.84. The normalized spacial score (nSPS) is 28.9. The van der Waals surface area contributed by atoms with Crippen LogP contribution in [0.4, 0.5) is 13.2 Å². The van der Waals surface area contributed by atoms with Crippen molar-refractivity contribution in [2.24, 2.45) is 5.92 Å². The molecule has 188 valence electrons. The maximum absolute atomic E-state index is 13.6. The summed E-state index contributed by atoms with van der Waals surface area (Å²) in [5, 5.41) is -5.02. The van der Waals surface area contributed by atoms with Crippen molar-refractivity contribution in [2.75, 3.05) is 6.61 Å². The lowest BCUT2D eigenvalue weighted by molar-refractivity contribution is -0.186. The molecule has 0 saturated carbocycles. The fraction of sp³-hybridized carbons (Fsp3) is 0.556. The van der Waals surface area contributed by atoms with Crippen molar-refractivity contribution in [3.8, 4) is 5.75 Å². The Kier molecular flexibility index (Phi) is 7.33. The van der Waals surface area contributed by atoms with Gasteiger partial charge in [-0.15, -0.1) is 0 Å². The molecule has 2 bridgehead atoms. The highest BCUT2D eigenvalue weighted by Gasteiger charge is 2.65. The zero-order chi connectivity index (χ0) is 25.2. The Balaban J connectivity index is 1.39. The Labute approximate surface area is 231 Å². The van der Waals surface area contributed by atoms with Gasteiger partial charge in [0.05, 0.1) is 28.6 Å². The molecule has 4 rings (SSSR count). The Morgan fingerprint density at radius 1 is 1.29 bits per heavy atom. The third kappa shape index (κ3) is 4.51. The van der Waals surface area contributed by atoms with Crippen LogP contribution in [0.15, 0.2) is 6.07 Å². The summed E-state index contributed by atoms with van der Waals surface area (Å²) in [5.74, 6) is -3.33. The van der Waals surface area contributed by atoms with Crippen molar-refractivity contribution in [2.45, 2.75) is 48.7 Å². The summed E-state index contributed by atoms with van der Waals surface area (Å²) in [5.41, 5.74) is 0.309. The summed E-state index contributed by atoms with van der Waals surface area (Å²) >= 11 is 6.17. The van der Waals surface area contributed by atoms with Gasteiger partial charge in [0.15, 0.2) is 11.9 Å². The predicted octanol–water partition coefficient (Wildman–Crippen LogP) is 3.68. The van der Waals surface area contributed by atoms with Gasteiger partial charge < -0.3 is 18.9 Å². The molecule has 3 aliphatic heterocycles. The average Bonchev–Trinajstić information content (AvgIpc) is 3.28. The molecular weight excluding hydrogens is 830 g/mol. The van der Waals surface area contributed by atoms with Gasteiger partial charge in [-0.3, -0.25) is 9.35 Å². The van der Waals surface area contributed by atoms with E-state index in [1.807, 2.05) is 51.2 Å². The minimum Gasteiger partial charge on any atom is -0.465 e. The van der Waals surface area contributed by atoms with Gasteiger partial charge >= 0.3 is 27.3 Å². The van der Waals surface area contributed by atoms with Gasteiger partial charge in [-0.1, -0.05) is 0 Å². The zero-order valence-electron chi connectivity index (χ0n) is 16.6. The SMILES string of the molecule is O=C1OC2(CC3OC2CC3C(=O)OCCC(F)C(F)(F)S(=O)(=O)O)Oc2c(I)cc(I)c(I)c21. The van der Waals surface area contributed by atoms with Crippen LogP contribution in [0.3, 0.4) is 0 Å². The maximum Gasteiger partial charge on any atom is 0.400 e. The first kappa shape index (κ1) is 26.9. The number of alkyl halides is 3. The second kappa shape index (κ2) is 9.28. The molecule has 2 fully saturated rings. The van der Waals surface area contributed by atoms with Gasteiger partial charge in [0.2, 0.25) is 0 Å². The van der Waals surface area contributed by atoms with Gasteiger partial charge in [-0.05, 0) is 80.3 Å². The standard InChI is InChI=1S/C18H14F3I3O9S/c19-10(18(20,21)34(27,28)29)1-2-30-15(25)6-3-11-17(5-9(6)31-11)32-14-8(23)4-7(22)13(24)12(14)16(26)33-17/h4,6,9-11H,1-3,5H2,(H,27,28,29). The van der Waals surface area contributed by atoms with E-state index in [-0.39, 0.29) is 12.8 Å². The summed E-state index contributed by atoms with van der Waals surface area (Å²) < 4.78 is 94.3. The lowest BCUT2D eigenvalue weighted by Crippen LogP contribution is -2.54. The summed E-state index contributed by atoms with van der Waals surface area (Å²) in [7, 11) is -5.95. The van der Waals surface area contributed by atoms with Crippen LogP contribution < -0.4 is 4.74 Å². The molecule has 5 unspecified atom stereocenters. The van der Waals surface area contributed by atoms with Crippen molar-refractivity contribution in [1.29, 1.82) is 0 Å². The Morgan fingerprint density at radius 2 is 1.97 bits per heavy atom. The number of rotatable bonds is 6. The minimum atomic E-state index is -5.95. The number of fused-ring (bicyclic) bond motifs is 4. The van der Waals surface area contributed by atoms with E-state index >= 15 is 0 Å². The lowest BCUT2D eigenvalue weighted by Gasteiger charge is -2.40. The first-order valence-corrected chi connectivity index (χ1v) is 14.3. The van der Waals surface area contributed by atoms with Crippen molar-refractivity contribution in [3.63, 3.8) is 0 Å². The second-order valence-electron chi connectivity index (χ2n) is 7.83. The summed E-state index contributed by atoms with van der Waals surface area (Å²) in [6, 6.07) is 1.85. The number of carbonyl (C=O) groups excluding carboxylic acids is 2. The molecule has 1 N–H and O–H groups in total. The molecular formula is C18H14F3I3O9S. The zero-order valence-corrected chi connectivity index (χ0v) is 23.9. The van der Waals surface area contributed by atoms with E-state index < -0.39 is 70.4 Å². The molecule has 2 saturated heterocycles. The Morgan fingerprint density at radius 3 is 2.56 bits per heavy atom. The van der Waals surface area contributed by atoms with Crippen LogP contribution in [0.2, 0.25) is 0 Å². The molecule has 0 aromatic heterocycles. The first-order chi connectivity index (χ1) is 15.7. The smallest absolute Gasteiger partial charge is 0.400 e. The molecule has 16 heteroatoms. The van der Waals surface area contributed by atoms with Gasteiger partial charge in [-0.25, -0.2) is 9.18 Å². The third-order valence-corrected chi connectivity index (χ3v) is 10.5. The number of ether oxygens (including phenoxy) is 4. The molecule has 0 radical (unpaired) electrons. The molecule has 9 nitrogen and oxygen atoms in total. The number of halogens is 6. The highest BCUT2D eigenvalue weighted by Crippen LogP contribution is 2.52. The summed E-state index contributed by atoms with van der Waals surface area (Å²) in [6.07, 6.45) is -5.89. The highest BCUT2D eigenvalue weighted by molar-refractivity contribution is 14.1. The van der Waals surface area contributed by atoms with Crippen LogP contribution in [-0.2, 0) is 29.1 Å². The number of hydrogen-bond donors (Lipinski definition) is 1. The van der Waals surface area contributed by atoms with E-state index in [2.05, 4.69) is 22.6 Å². The molecule has 0 aliphatic carbocycles. The maximum atomic E-state index is 13.6. The van der Waals surface area contributed by atoms with E-state index in [9.17, 15) is 31.2 Å². The van der Waals surface area contributed by atoms with Crippen molar-refractivity contribution in [1.82, 2.24) is 0 Å². The number of esters is 2. The number of carbonyl (C=O) groups is 2. The Bertz CT molecular complexity index is 1170. The third-order valence-electron chi connectivity index (χ3n) is 5.73. The van der Waals surface area contributed by atoms with E-state index in [0.717, 1.165) is 3.57 Å². The van der Waals surface area contributed by atoms with E-state index in [1.54, 1.807) is 0 Å². The quantitative estimate of drug-likeness (QED) is 0.198. The minimum absolute atomic E-state index is 0.0216. The largest absolute Gasteiger partial charge is 0.465 e. The van der Waals surface area contributed by atoms with Crippen LogP contribution in [0.1, 0.15) is 29.6 Å². The fourth-order valence-corrected chi connectivity index (χ4v) is 6.98. The molecule has 1 aromatic rings. The number of benzene rings is 1. The van der Waals surface area contributed by atoms with Crippen molar-refractivity contribution < 1.29 is 54.7 Å². The van der Waals surface area contributed by atoms with E-state index in [4.69, 9.17) is 23.5 Å². The number of hydrogen-bond acceptors (Lipinski definition) is 8. The van der Waals surface area contributed by atoms with Crippen LogP contribution in [0, 0.1) is 16.6 Å². The van der Waals surface area contributed by atoms with Crippen LogP contribution >= 0.6 is 67.8 Å². The molecule has 1 spiro atoms. The second-order valence-corrected chi connectivity index (χ2v) is 12.7. The van der Waals surface area contributed by atoms with Crippen LogP contribution in [0.25, 0.3) is 0 Å². The summed E-state index contributed by atoms with van der Waals surface area (Å²) in [4.78, 5) is 25.2. The van der Waals surface area contributed by atoms with Crippen LogP contribution in [-0.4, -0.2) is 60.9 Å². The molecule has 1 aromatic carbocycles. The summed E-state index contributed by atoms with van der Waals surface area (Å²) in [6.45, 7) is -0.835. The van der Waals surface area contributed by atoms with Gasteiger partial charge in [-0.2, -0.15) is 17.2 Å². The van der Waals surface area contributed by atoms with E-state index in [0.29, 0.717) is 18.5 Å². The fourth-order valence-electron chi connectivity index (χ4n) is 4.05. The van der Waals surface area contributed by atoms with Crippen LogP contribution in [0.5, 0.6) is 5.75 Å². The van der Waals surface area contributed by atoms with Gasteiger partial charge in [0.25, 0.3) is 5.79 Å². The highest BCUT2D eigenvalue weighted by atomic mass is 127. The van der Waals surface area contributed by atoms with Gasteiger partial charge in [0.1, 0.15) is 11.7 Å². The van der Waals surface area contributed by atoms with Crippen molar-refractivity contribution >= 4 is 89.8 Å². The molecule has 0 amide bonds. The van der Waals surface area contributed by atoms with Crippen molar-refractivity contribution in [3.05, 3.63) is 22.3 Å². The van der Waals surface area contributed by atoms with Gasteiger partial charge in [0, 0.05) is 13.6 Å². The molecule has 3 aliphatic rings. The topological polar surface area (TPSA) is 125 Å². The molecule has 5 atom stereocenters. The average molecular weight is 844 g/mol. The first-order valence-electron chi connectivity index (χ1n) is 9.59. The molecule has 34 heavy (non-hydrogen) atoms. The molecule has 3 heterocycles. The van der Waals surface area contributed by atoms with E-state index in [1.165, 1.54) is 0 Å². The predicted molar refractivity (Wildman–Crippen MR) is 132 cm³/mol.